The topological polar surface area (TPSA) is 42.2 Å². The summed E-state index contributed by atoms with van der Waals surface area (Å²) in [6.07, 6.45) is 1.68. The van der Waals surface area contributed by atoms with Gasteiger partial charge in [0.15, 0.2) is 0 Å². The number of rotatable bonds is 4. The minimum Gasteiger partial charge on any atom is -0.389 e. The van der Waals surface area contributed by atoms with Gasteiger partial charge in [-0.05, 0) is 29.8 Å². The predicted molar refractivity (Wildman–Crippen MR) is 78.6 cm³/mol. The Morgan fingerprint density at radius 3 is 2.84 bits per heavy atom. The van der Waals surface area contributed by atoms with E-state index in [9.17, 15) is 4.39 Å². The molecule has 0 amide bonds. The average molecular weight is 275 g/mol. The van der Waals surface area contributed by atoms with Crippen molar-refractivity contribution in [1.82, 2.24) is 4.98 Å². The molecule has 0 bridgehead atoms. The summed E-state index contributed by atoms with van der Waals surface area (Å²) >= 11 is 5.01. The van der Waals surface area contributed by atoms with Crippen LogP contribution in [-0.4, -0.2) is 17.0 Å². The molecule has 2 N–H and O–H groups in total. The largest absolute Gasteiger partial charge is 0.389 e. The Balaban J connectivity index is 2.25. The predicted octanol–water partition coefficient (Wildman–Crippen LogP) is 2.49. The highest BCUT2D eigenvalue weighted by Gasteiger charge is 2.11. The highest BCUT2D eigenvalue weighted by molar-refractivity contribution is 7.80. The highest BCUT2D eigenvalue weighted by Crippen LogP contribution is 2.18. The Hall–Kier alpha value is -2.01. The van der Waals surface area contributed by atoms with E-state index in [1.165, 1.54) is 12.1 Å². The Morgan fingerprint density at radius 2 is 2.16 bits per heavy atom. The zero-order valence-electron chi connectivity index (χ0n) is 10.5. The van der Waals surface area contributed by atoms with Gasteiger partial charge >= 0.3 is 0 Å². The van der Waals surface area contributed by atoms with E-state index in [1.807, 2.05) is 24.1 Å². The molecular formula is C14H14FN3S. The number of pyridine rings is 1. The maximum absolute atomic E-state index is 13.2. The molecule has 0 radical (unpaired) electrons. The number of benzene rings is 1. The van der Waals surface area contributed by atoms with Crippen molar-refractivity contribution in [1.29, 1.82) is 0 Å². The van der Waals surface area contributed by atoms with Crippen molar-refractivity contribution in [3.05, 3.63) is 59.5 Å². The Bertz CT molecular complexity index is 601. The van der Waals surface area contributed by atoms with Crippen molar-refractivity contribution in [2.24, 2.45) is 5.73 Å². The van der Waals surface area contributed by atoms with Gasteiger partial charge in [-0.15, -0.1) is 0 Å². The first-order valence-corrected chi connectivity index (χ1v) is 6.19. The molecule has 19 heavy (non-hydrogen) atoms. The van der Waals surface area contributed by atoms with Crippen LogP contribution in [0.2, 0.25) is 0 Å². The van der Waals surface area contributed by atoms with Crippen molar-refractivity contribution in [2.75, 3.05) is 11.9 Å². The van der Waals surface area contributed by atoms with Gasteiger partial charge in [0.25, 0.3) is 0 Å². The summed E-state index contributed by atoms with van der Waals surface area (Å²) in [6.45, 7) is 0.532. The minimum absolute atomic E-state index is 0.249. The number of hydrogen-bond donors (Lipinski definition) is 1. The van der Waals surface area contributed by atoms with Crippen molar-refractivity contribution < 1.29 is 4.39 Å². The number of hydrogen-bond acceptors (Lipinski definition) is 3. The van der Waals surface area contributed by atoms with Crippen LogP contribution in [0.4, 0.5) is 10.2 Å². The lowest BCUT2D eigenvalue weighted by Gasteiger charge is -2.20. The van der Waals surface area contributed by atoms with Gasteiger partial charge in [-0.1, -0.05) is 24.4 Å². The summed E-state index contributed by atoms with van der Waals surface area (Å²) in [5, 5.41) is 0. The molecule has 98 valence electrons. The van der Waals surface area contributed by atoms with Crippen molar-refractivity contribution in [3.63, 3.8) is 0 Å². The normalized spacial score (nSPS) is 10.2. The molecule has 0 aliphatic carbocycles. The van der Waals surface area contributed by atoms with E-state index in [0.717, 1.165) is 11.1 Å². The van der Waals surface area contributed by atoms with Crippen LogP contribution < -0.4 is 10.6 Å². The molecule has 0 fully saturated rings. The number of halogens is 1. The lowest BCUT2D eigenvalue weighted by Crippen LogP contribution is -2.22. The summed E-state index contributed by atoms with van der Waals surface area (Å²) in [7, 11) is 1.87. The zero-order chi connectivity index (χ0) is 13.8. The molecule has 0 saturated carbocycles. The SMILES string of the molecule is CN(Cc1cccc(F)c1)c1ncccc1C(N)=S. The second-order valence-electron chi connectivity index (χ2n) is 4.22. The molecule has 1 heterocycles. The average Bonchev–Trinajstić information content (AvgIpc) is 2.38. The standard InChI is InChI=1S/C14H14FN3S/c1-18(9-10-4-2-5-11(15)8-10)14-12(13(16)19)6-3-7-17-14/h2-8H,9H2,1H3,(H2,16,19). The van der Waals surface area contributed by atoms with Gasteiger partial charge in [0, 0.05) is 19.8 Å². The van der Waals surface area contributed by atoms with Crippen LogP contribution in [0, 0.1) is 5.82 Å². The van der Waals surface area contributed by atoms with Crippen LogP contribution in [-0.2, 0) is 6.54 Å². The van der Waals surface area contributed by atoms with Crippen LogP contribution in [0.1, 0.15) is 11.1 Å². The van der Waals surface area contributed by atoms with Gasteiger partial charge in [0.05, 0.1) is 5.56 Å². The third-order valence-electron chi connectivity index (χ3n) is 2.72. The second-order valence-corrected chi connectivity index (χ2v) is 4.66. The Morgan fingerprint density at radius 1 is 1.37 bits per heavy atom. The summed E-state index contributed by atoms with van der Waals surface area (Å²) < 4.78 is 13.2. The molecule has 5 heteroatoms. The summed E-state index contributed by atoms with van der Waals surface area (Å²) in [4.78, 5) is 6.48. The molecule has 2 aromatic rings. The minimum atomic E-state index is -0.249. The van der Waals surface area contributed by atoms with Crippen LogP contribution in [0.25, 0.3) is 0 Å². The quantitative estimate of drug-likeness (QED) is 0.871. The maximum Gasteiger partial charge on any atom is 0.138 e. The van der Waals surface area contributed by atoms with Gasteiger partial charge < -0.3 is 10.6 Å². The van der Waals surface area contributed by atoms with E-state index in [2.05, 4.69) is 4.98 Å². The van der Waals surface area contributed by atoms with E-state index in [0.29, 0.717) is 17.4 Å². The molecular weight excluding hydrogens is 261 g/mol. The van der Waals surface area contributed by atoms with E-state index >= 15 is 0 Å². The van der Waals surface area contributed by atoms with E-state index in [4.69, 9.17) is 18.0 Å². The first-order valence-electron chi connectivity index (χ1n) is 5.78. The number of thiocarbonyl (C=S) groups is 1. The van der Waals surface area contributed by atoms with Crippen molar-refractivity contribution >= 4 is 23.0 Å². The molecule has 2 rings (SSSR count). The van der Waals surface area contributed by atoms with Crippen LogP contribution in [0.5, 0.6) is 0 Å². The first-order chi connectivity index (χ1) is 9.08. The molecule has 0 spiro atoms. The Labute approximate surface area is 116 Å². The first kappa shape index (κ1) is 13.4. The number of nitrogens with zero attached hydrogens (tertiary/aromatic N) is 2. The fourth-order valence-electron chi connectivity index (χ4n) is 1.88. The van der Waals surface area contributed by atoms with Gasteiger partial charge in [-0.25, -0.2) is 9.37 Å². The fourth-order valence-corrected chi connectivity index (χ4v) is 2.04. The molecule has 0 aliphatic rings. The van der Waals surface area contributed by atoms with Gasteiger partial charge in [0.2, 0.25) is 0 Å². The summed E-state index contributed by atoms with van der Waals surface area (Å²) in [5.74, 6) is 0.445. The molecule has 0 unspecified atom stereocenters. The van der Waals surface area contributed by atoms with Gasteiger partial charge in [-0.3, -0.25) is 0 Å². The smallest absolute Gasteiger partial charge is 0.138 e. The second kappa shape index (κ2) is 5.75. The highest BCUT2D eigenvalue weighted by atomic mass is 32.1. The molecule has 1 aromatic heterocycles. The Kier molecular flexibility index (Phi) is 4.06. The van der Waals surface area contributed by atoms with E-state index in [-0.39, 0.29) is 5.82 Å². The number of aromatic nitrogens is 1. The molecule has 0 atom stereocenters. The third kappa shape index (κ3) is 3.26. The number of anilines is 1. The van der Waals surface area contributed by atoms with Gasteiger partial charge in [0.1, 0.15) is 16.6 Å². The van der Waals surface area contributed by atoms with Crippen LogP contribution in [0.15, 0.2) is 42.6 Å². The zero-order valence-corrected chi connectivity index (χ0v) is 11.3. The lowest BCUT2D eigenvalue weighted by molar-refractivity contribution is 0.625. The monoisotopic (exact) mass is 275 g/mol. The molecule has 0 aliphatic heterocycles. The van der Waals surface area contributed by atoms with Crippen molar-refractivity contribution in [2.45, 2.75) is 6.54 Å². The van der Waals surface area contributed by atoms with E-state index < -0.39 is 0 Å². The third-order valence-corrected chi connectivity index (χ3v) is 2.94. The lowest BCUT2D eigenvalue weighted by atomic mass is 10.2. The van der Waals surface area contributed by atoms with Gasteiger partial charge in [-0.2, -0.15) is 0 Å². The van der Waals surface area contributed by atoms with Crippen LogP contribution in [0.3, 0.4) is 0 Å². The van der Waals surface area contributed by atoms with Crippen LogP contribution >= 0.6 is 12.2 Å². The van der Waals surface area contributed by atoms with E-state index in [1.54, 1.807) is 18.3 Å². The maximum atomic E-state index is 13.2. The molecule has 1 aromatic carbocycles. The molecule has 0 saturated heterocycles. The number of nitrogens with two attached hydrogens (primary N) is 1. The van der Waals surface area contributed by atoms with Crippen molar-refractivity contribution in [3.8, 4) is 0 Å². The summed E-state index contributed by atoms with van der Waals surface area (Å²) in [5.41, 5.74) is 7.26. The summed E-state index contributed by atoms with van der Waals surface area (Å²) in [6, 6.07) is 10.1. The fraction of sp³-hybridized carbons (Fsp3) is 0.143. The molecule has 3 nitrogen and oxygen atoms in total.